The lowest BCUT2D eigenvalue weighted by atomic mass is 10.2. The Morgan fingerprint density at radius 1 is 1.90 bits per heavy atom. The van der Waals surface area contributed by atoms with E-state index < -0.39 is 0 Å². The van der Waals surface area contributed by atoms with Crippen LogP contribution in [0.25, 0.3) is 0 Å². The number of carbonyl (C=O) groups excluding carboxylic acids is 1. The van der Waals surface area contributed by atoms with Crippen LogP contribution in [0.1, 0.15) is 16.9 Å². The van der Waals surface area contributed by atoms with Gasteiger partial charge in [0.25, 0.3) is 0 Å². The average Bonchev–Trinajstić information content (AvgIpc) is 2.38. The number of nitrogens with zero attached hydrogens (tertiary/aromatic N) is 2. The van der Waals surface area contributed by atoms with Crippen molar-refractivity contribution in [1.82, 2.24) is 4.98 Å². The molecule has 0 radical (unpaired) electrons. The fourth-order valence-corrected chi connectivity index (χ4v) is 1.07. The van der Waals surface area contributed by atoms with Gasteiger partial charge in [0.2, 0.25) is 0 Å². The topological polar surface area (TPSA) is 53.8 Å². The molecule has 0 atom stereocenters. The summed E-state index contributed by atoms with van der Waals surface area (Å²) in [7, 11) is 0. The maximum absolute atomic E-state index is 10.8. The number of aromatic nitrogens is 1. The first kappa shape index (κ1) is 6.90. The Kier molecular flexibility index (Phi) is 2.13. The van der Waals surface area contributed by atoms with E-state index in [0.717, 1.165) is 0 Å². The summed E-state index contributed by atoms with van der Waals surface area (Å²) >= 11 is 1.35. The zero-order valence-corrected chi connectivity index (χ0v) is 5.89. The molecule has 0 aliphatic rings. The first-order chi connectivity index (χ1) is 4.84. The molecule has 0 spiro atoms. The van der Waals surface area contributed by atoms with Crippen molar-refractivity contribution in [2.24, 2.45) is 0 Å². The number of ketones is 1. The molecular weight excluding hydrogens is 148 g/mol. The molecule has 1 aromatic heterocycles. The van der Waals surface area contributed by atoms with Gasteiger partial charge in [0.05, 0.1) is 11.6 Å². The molecule has 10 heavy (non-hydrogen) atoms. The first-order valence-corrected chi connectivity index (χ1v) is 3.57. The van der Waals surface area contributed by atoms with Gasteiger partial charge in [-0.3, -0.25) is 4.79 Å². The molecule has 1 rings (SSSR count). The van der Waals surface area contributed by atoms with Gasteiger partial charge in [-0.1, -0.05) is 0 Å². The zero-order valence-electron chi connectivity index (χ0n) is 5.07. The Balaban J connectivity index is 2.71. The molecule has 0 unspecified atom stereocenters. The van der Waals surface area contributed by atoms with Crippen LogP contribution in [0.5, 0.6) is 0 Å². The largest absolute Gasteiger partial charge is 0.291 e. The molecule has 0 N–H and O–H groups in total. The van der Waals surface area contributed by atoms with Crippen LogP contribution in [-0.4, -0.2) is 10.8 Å². The van der Waals surface area contributed by atoms with Gasteiger partial charge in [0.1, 0.15) is 12.1 Å². The van der Waals surface area contributed by atoms with Crippen molar-refractivity contribution < 1.29 is 4.79 Å². The fraction of sp³-hybridized carbons (Fsp3) is 0.167. The Labute approximate surface area is 61.9 Å². The number of nitriles is 1. The van der Waals surface area contributed by atoms with Crippen LogP contribution < -0.4 is 0 Å². The van der Waals surface area contributed by atoms with Gasteiger partial charge < -0.3 is 0 Å². The van der Waals surface area contributed by atoms with Crippen LogP contribution in [0.2, 0.25) is 0 Å². The van der Waals surface area contributed by atoms with Gasteiger partial charge in [-0.25, -0.2) is 4.98 Å². The minimum Gasteiger partial charge on any atom is -0.291 e. The zero-order chi connectivity index (χ0) is 7.40. The molecular formula is C6H4N2OS. The molecule has 50 valence electrons. The molecule has 0 aliphatic carbocycles. The van der Waals surface area contributed by atoms with E-state index in [1.165, 1.54) is 11.3 Å². The molecule has 0 bridgehead atoms. The second-order valence-corrected chi connectivity index (χ2v) is 2.35. The number of hydrogen-bond acceptors (Lipinski definition) is 4. The molecule has 0 saturated carbocycles. The van der Waals surface area contributed by atoms with Crippen LogP contribution in [-0.2, 0) is 0 Å². The highest BCUT2D eigenvalue weighted by Crippen LogP contribution is 2.03. The number of thiazole rings is 1. The monoisotopic (exact) mass is 152 g/mol. The highest BCUT2D eigenvalue weighted by atomic mass is 32.1. The van der Waals surface area contributed by atoms with Crippen molar-refractivity contribution >= 4 is 17.1 Å². The third kappa shape index (κ3) is 1.39. The average molecular weight is 152 g/mol. The highest BCUT2D eigenvalue weighted by Gasteiger charge is 2.05. The van der Waals surface area contributed by atoms with Crippen molar-refractivity contribution in [2.45, 2.75) is 6.42 Å². The van der Waals surface area contributed by atoms with Crippen LogP contribution in [0.4, 0.5) is 0 Å². The molecule has 4 heteroatoms. The molecule has 0 aliphatic heterocycles. The van der Waals surface area contributed by atoms with Crippen molar-refractivity contribution in [1.29, 1.82) is 5.26 Å². The standard InChI is InChI=1S/C6H4N2OS/c7-2-1-6(9)5-3-10-4-8-5/h3-4H,1H2. The van der Waals surface area contributed by atoms with Gasteiger partial charge in [-0.05, 0) is 0 Å². The predicted molar refractivity (Wildman–Crippen MR) is 36.7 cm³/mol. The van der Waals surface area contributed by atoms with E-state index in [0.29, 0.717) is 5.69 Å². The van der Waals surface area contributed by atoms with Crippen molar-refractivity contribution in [2.75, 3.05) is 0 Å². The fourth-order valence-electron chi connectivity index (χ4n) is 0.513. The Bertz CT molecular complexity index is 260. The molecule has 0 fully saturated rings. The predicted octanol–water partition coefficient (Wildman–Crippen LogP) is 1.24. The minimum absolute atomic E-state index is 0.0796. The van der Waals surface area contributed by atoms with Crippen LogP contribution >= 0.6 is 11.3 Å². The number of Topliss-reactive ketones (excluding diaryl/α,β-unsaturated/α-hetero) is 1. The van der Waals surface area contributed by atoms with E-state index in [-0.39, 0.29) is 12.2 Å². The Morgan fingerprint density at radius 2 is 2.70 bits per heavy atom. The SMILES string of the molecule is N#CCC(=O)c1cscn1. The molecule has 1 heterocycles. The smallest absolute Gasteiger partial charge is 0.196 e. The highest BCUT2D eigenvalue weighted by molar-refractivity contribution is 7.07. The Hall–Kier alpha value is -1.21. The lowest BCUT2D eigenvalue weighted by Crippen LogP contribution is -1.96. The second-order valence-electron chi connectivity index (χ2n) is 1.63. The lowest BCUT2D eigenvalue weighted by molar-refractivity contribution is 0.0993. The number of hydrogen-bond donors (Lipinski definition) is 0. The van der Waals surface area contributed by atoms with E-state index >= 15 is 0 Å². The van der Waals surface area contributed by atoms with Crippen LogP contribution in [0.15, 0.2) is 10.9 Å². The summed E-state index contributed by atoms with van der Waals surface area (Å²) in [6.07, 6.45) is -0.0796. The minimum atomic E-state index is -0.205. The van der Waals surface area contributed by atoms with Crippen molar-refractivity contribution in [3.63, 3.8) is 0 Å². The molecule has 3 nitrogen and oxygen atoms in total. The summed E-state index contributed by atoms with van der Waals surface area (Å²) < 4.78 is 0. The molecule has 0 amide bonds. The maximum atomic E-state index is 10.8. The summed E-state index contributed by atoms with van der Waals surface area (Å²) in [5, 5.41) is 9.78. The van der Waals surface area contributed by atoms with Crippen molar-refractivity contribution in [3.8, 4) is 6.07 Å². The van der Waals surface area contributed by atoms with Crippen LogP contribution in [0.3, 0.4) is 0 Å². The molecule has 0 saturated heterocycles. The molecule has 0 aromatic carbocycles. The summed E-state index contributed by atoms with van der Waals surface area (Å²) in [4.78, 5) is 14.6. The lowest BCUT2D eigenvalue weighted by Gasteiger charge is -1.83. The van der Waals surface area contributed by atoms with Gasteiger partial charge in [-0.2, -0.15) is 5.26 Å². The van der Waals surface area contributed by atoms with Gasteiger partial charge >= 0.3 is 0 Å². The van der Waals surface area contributed by atoms with Gasteiger partial charge in [-0.15, -0.1) is 11.3 Å². The van der Waals surface area contributed by atoms with E-state index in [9.17, 15) is 4.79 Å². The van der Waals surface area contributed by atoms with E-state index in [2.05, 4.69) is 4.98 Å². The summed E-state index contributed by atoms with van der Waals surface area (Å²) in [5.74, 6) is -0.205. The third-order valence-electron chi connectivity index (χ3n) is 0.958. The van der Waals surface area contributed by atoms with Gasteiger partial charge in [0.15, 0.2) is 5.78 Å². The molecule has 1 aromatic rings. The summed E-state index contributed by atoms with van der Waals surface area (Å²) in [6.45, 7) is 0. The third-order valence-corrected chi connectivity index (χ3v) is 1.54. The van der Waals surface area contributed by atoms with Crippen molar-refractivity contribution in [3.05, 3.63) is 16.6 Å². The van der Waals surface area contributed by atoms with E-state index in [4.69, 9.17) is 5.26 Å². The quantitative estimate of drug-likeness (QED) is 0.599. The number of rotatable bonds is 2. The summed E-state index contributed by atoms with van der Waals surface area (Å²) in [5.41, 5.74) is 1.97. The number of carbonyl (C=O) groups is 1. The normalized spacial score (nSPS) is 8.70. The Morgan fingerprint density at radius 3 is 3.20 bits per heavy atom. The first-order valence-electron chi connectivity index (χ1n) is 2.63. The van der Waals surface area contributed by atoms with Gasteiger partial charge in [0, 0.05) is 5.38 Å². The van der Waals surface area contributed by atoms with E-state index in [1.807, 2.05) is 0 Å². The van der Waals surface area contributed by atoms with E-state index in [1.54, 1.807) is 17.0 Å². The maximum Gasteiger partial charge on any atom is 0.196 e. The van der Waals surface area contributed by atoms with Crippen LogP contribution in [0, 0.1) is 11.3 Å². The second kappa shape index (κ2) is 3.08. The summed E-state index contributed by atoms with van der Waals surface area (Å²) in [6, 6.07) is 1.77.